The van der Waals surface area contributed by atoms with Crippen molar-refractivity contribution >= 4 is 40.2 Å². The van der Waals surface area contributed by atoms with Gasteiger partial charge in [0.25, 0.3) is 5.91 Å². The minimum atomic E-state index is -0.532. The molecule has 4 aromatic rings. The molecule has 1 aliphatic heterocycles. The molecule has 7 heteroatoms. The fourth-order valence-corrected chi connectivity index (χ4v) is 5.40. The Morgan fingerprint density at radius 1 is 1.00 bits per heavy atom. The quantitative estimate of drug-likeness (QED) is 0.437. The normalized spacial score (nSPS) is 15.4. The Hall–Kier alpha value is -3.71. The van der Waals surface area contributed by atoms with Gasteiger partial charge < -0.3 is 19.5 Å². The SMILES string of the molecule is COc1ccc(NC(=O)C2CSCN2C(=O)c2cn(Cc3ccccc3)c3ccccc23)cc1. The van der Waals surface area contributed by atoms with E-state index in [9.17, 15) is 9.59 Å². The van der Waals surface area contributed by atoms with Gasteiger partial charge in [0.1, 0.15) is 11.8 Å². The van der Waals surface area contributed by atoms with Crippen LogP contribution in [0.5, 0.6) is 5.75 Å². The summed E-state index contributed by atoms with van der Waals surface area (Å²) in [7, 11) is 1.60. The standard InChI is InChI=1S/C27H25N3O3S/c1-33-21-13-11-20(12-14-21)28-26(31)25-17-34-18-30(25)27(32)23-16-29(15-19-7-3-2-4-8-19)24-10-6-5-9-22(23)24/h2-14,16,25H,15,17-18H2,1H3,(H,28,31). The first-order valence-electron chi connectivity index (χ1n) is 11.1. The summed E-state index contributed by atoms with van der Waals surface area (Å²) >= 11 is 1.59. The van der Waals surface area contributed by atoms with Gasteiger partial charge in [-0.1, -0.05) is 48.5 Å². The molecule has 0 aliphatic carbocycles. The number of fused-ring (bicyclic) bond motifs is 1. The van der Waals surface area contributed by atoms with Gasteiger partial charge in [-0.25, -0.2) is 0 Å². The Morgan fingerprint density at radius 3 is 2.50 bits per heavy atom. The highest BCUT2D eigenvalue weighted by Crippen LogP contribution is 2.29. The van der Waals surface area contributed by atoms with Crippen molar-refractivity contribution in [2.45, 2.75) is 12.6 Å². The zero-order chi connectivity index (χ0) is 23.5. The number of methoxy groups -OCH3 is 1. The van der Waals surface area contributed by atoms with Crippen LogP contribution in [0.15, 0.2) is 85.1 Å². The molecule has 6 nitrogen and oxygen atoms in total. The van der Waals surface area contributed by atoms with Gasteiger partial charge in [-0.15, -0.1) is 11.8 Å². The van der Waals surface area contributed by atoms with Crippen molar-refractivity contribution in [3.8, 4) is 5.75 Å². The molecule has 1 N–H and O–H groups in total. The van der Waals surface area contributed by atoms with Crippen molar-refractivity contribution in [1.82, 2.24) is 9.47 Å². The summed E-state index contributed by atoms with van der Waals surface area (Å²) in [5, 5.41) is 3.84. The lowest BCUT2D eigenvalue weighted by atomic mass is 10.1. The smallest absolute Gasteiger partial charge is 0.257 e. The molecule has 1 aromatic heterocycles. The Balaban J connectivity index is 1.39. The summed E-state index contributed by atoms with van der Waals surface area (Å²) in [5.41, 5.74) is 3.46. The van der Waals surface area contributed by atoms with E-state index in [1.165, 1.54) is 0 Å². The fourth-order valence-electron chi connectivity index (χ4n) is 4.24. The molecule has 5 rings (SSSR count). The van der Waals surface area contributed by atoms with Crippen LogP contribution in [0.4, 0.5) is 5.69 Å². The van der Waals surface area contributed by atoms with Gasteiger partial charge in [0.2, 0.25) is 5.91 Å². The summed E-state index contributed by atoms with van der Waals surface area (Å²) in [6.45, 7) is 0.671. The van der Waals surface area contributed by atoms with Crippen molar-refractivity contribution in [1.29, 1.82) is 0 Å². The van der Waals surface area contributed by atoms with Crippen LogP contribution in [-0.4, -0.2) is 46.1 Å². The molecule has 1 atom stereocenters. The number of benzene rings is 3. The number of hydrogen-bond acceptors (Lipinski definition) is 4. The van der Waals surface area contributed by atoms with Crippen molar-refractivity contribution in [3.05, 3.63) is 96.2 Å². The molecular formula is C27H25N3O3S. The minimum absolute atomic E-state index is 0.122. The van der Waals surface area contributed by atoms with E-state index < -0.39 is 6.04 Å². The third-order valence-electron chi connectivity index (χ3n) is 6.02. The third-order valence-corrected chi connectivity index (χ3v) is 7.03. The number of anilines is 1. The van der Waals surface area contributed by atoms with E-state index in [1.807, 2.05) is 48.7 Å². The van der Waals surface area contributed by atoms with Crippen LogP contribution >= 0.6 is 11.8 Å². The Morgan fingerprint density at radius 2 is 1.74 bits per heavy atom. The number of carbonyl (C=O) groups is 2. The maximum Gasteiger partial charge on any atom is 0.257 e. The average molecular weight is 472 g/mol. The maximum absolute atomic E-state index is 13.7. The van der Waals surface area contributed by atoms with E-state index in [0.29, 0.717) is 29.4 Å². The molecule has 2 amide bonds. The highest BCUT2D eigenvalue weighted by molar-refractivity contribution is 7.99. The van der Waals surface area contributed by atoms with E-state index in [-0.39, 0.29) is 11.8 Å². The van der Waals surface area contributed by atoms with E-state index in [1.54, 1.807) is 48.0 Å². The van der Waals surface area contributed by atoms with Crippen LogP contribution in [0.2, 0.25) is 0 Å². The molecular weight excluding hydrogens is 446 g/mol. The number of para-hydroxylation sites is 1. The molecule has 1 fully saturated rings. The molecule has 34 heavy (non-hydrogen) atoms. The number of hydrogen-bond donors (Lipinski definition) is 1. The zero-order valence-electron chi connectivity index (χ0n) is 18.8. The predicted molar refractivity (Wildman–Crippen MR) is 136 cm³/mol. The predicted octanol–water partition coefficient (Wildman–Crippen LogP) is 4.85. The van der Waals surface area contributed by atoms with Gasteiger partial charge >= 0.3 is 0 Å². The topological polar surface area (TPSA) is 63.6 Å². The van der Waals surface area contributed by atoms with Gasteiger partial charge in [-0.2, -0.15) is 0 Å². The number of nitrogens with zero attached hydrogens (tertiary/aromatic N) is 2. The number of nitrogens with one attached hydrogen (secondary N) is 1. The van der Waals surface area contributed by atoms with Crippen LogP contribution < -0.4 is 10.1 Å². The van der Waals surface area contributed by atoms with Crippen molar-refractivity contribution < 1.29 is 14.3 Å². The number of carbonyl (C=O) groups excluding carboxylic acids is 2. The van der Waals surface area contributed by atoms with Gasteiger partial charge in [0.15, 0.2) is 0 Å². The lowest BCUT2D eigenvalue weighted by Crippen LogP contribution is -2.44. The largest absolute Gasteiger partial charge is 0.497 e. The molecule has 1 unspecified atom stereocenters. The monoisotopic (exact) mass is 471 g/mol. The fraction of sp³-hybridized carbons (Fsp3) is 0.185. The number of ether oxygens (including phenoxy) is 1. The van der Waals surface area contributed by atoms with E-state index >= 15 is 0 Å². The lowest BCUT2D eigenvalue weighted by molar-refractivity contribution is -0.119. The van der Waals surface area contributed by atoms with Crippen LogP contribution in [0.1, 0.15) is 15.9 Å². The summed E-state index contributed by atoms with van der Waals surface area (Å²) in [6.07, 6.45) is 1.92. The van der Waals surface area contributed by atoms with Gasteiger partial charge in [0, 0.05) is 35.1 Å². The van der Waals surface area contributed by atoms with Gasteiger partial charge in [-0.05, 0) is 35.9 Å². The number of thioether (sulfide) groups is 1. The van der Waals surface area contributed by atoms with Gasteiger partial charge in [-0.3, -0.25) is 9.59 Å². The summed E-state index contributed by atoms with van der Waals surface area (Å²) < 4.78 is 7.28. The van der Waals surface area contributed by atoms with Crippen LogP contribution in [-0.2, 0) is 11.3 Å². The molecule has 1 saturated heterocycles. The maximum atomic E-state index is 13.7. The van der Waals surface area contributed by atoms with E-state index in [0.717, 1.165) is 22.2 Å². The molecule has 0 saturated carbocycles. The van der Waals surface area contributed by atoms with Crippen molar-refractivity contribution in [2.24, 2.45) is 0 Å². The molecule has 0 radical (unpaired) electrons. The molecule has 172 valence electrons. The first-order valence-corrected chi connectivity index (χ1v) is 12.2. The molecule has 1 aliphatic rings. The first kappa shape index (κ1) is 22.1. The first-order chi connectivity index (χ1) is 16.6. The number of rotatable bonds is 6. The summed E-state index contributed by atoms with van der Waals surface area (Å²) in [6, 6.07) is 24.7. The highest BCUT2D eigenvalue weighted by Gasteiger charge is 2.36. The third kappa shape index (κ3) is 4.39. The Labute approximate surface area is 202 Å². The highest BCUT2D eigenvalue weighted by atomic mass is 32.2. The van der Waals surface area contributed by atoms with Crippen LogP contribution in [0.3, 0.4) is 0 Å². The second kappa shape index (κ2) is 9.65. The second-order valence-corrected chi connectivity index (χ2v) is 9.18. The second-order valence-electron chi connectivity index (χ2n) is 8.18. The molecule has 3 aromatic carbocycles. The number of amides is 2. The molecule has 0 bridgehead atoms. The Kier molecular flexibility index (Phi) is 6.27. The molecule has 2 heterocycles. The van der Waals surface area contributed by atoms with E-state index in [4.69, 9.17) is 4.74 Å². The summed E-state index contributed by atoms with van der Waals surface area (Å²) in [4.78, 5) is 28.4. The zero-order valence-corrected chi connectivity index (χ0v) is 19.6. The van der Waals surface area contributed by atoms with Gasteiger partial charge in [0.05, 0.1) is 18.6 Å². The Bertz CT molecular complexity index is 1320. The average Bonchev–Trinajstić information content (AvgIpc) is 3.51. The lowest BCUT2D eigenvalue weighted by Gasteiger charge is -2.23. The number of aromatic nitrogens is 1. The van der Waals surface area contributed by atoms with E-state index in [2.05, 4.69) is 22.0 Å². The van der Waals surface area contributed by atoms with Crippen molar-refractivity contribution in [3.63, 3.8) is 0 Å². The van der Waals surface area contributed by atoms with Crippen molar-refractivity contribution in [2.75, 3.05) is 24.1 Å². The summed E-state index contributed by atoms with van der Waals surface area (Å²) in [5.74, 6) is 1.46. The van der Waals surface area contributed by atoms with Crippen LogP contribution in [0, 0.1) is 0 Å². The minimum Gasteiger partial charge on any atom is -0.497 e. The molecule has 0 spiro atoms. The van der Waals surface area contributed by atoms with Crippen LogP contribution in [0.25, 0.3) is 10.9 Å².